The largest absolute Gasteiger partial charge is 0.368 e. The van der Waals surface area contributed by atoms with E-state index in [1.54, 1.807) is 0 Å². The first kappa shape index (κ1) is 12.4. The summed E-state index contributed by atoms with van der Waals surface area (Å²) in [4.78, 5) is 15.9. The summed E-state index contributed by atoms with van der Waals surface area (Å²) < 4.78 is 0. The number of carbonyl (C=O) groups excluding carboxylic acids is 1. The minimum absolute atomic E-state index is 0.101. The Hall–Kier alpha value is -2.02. The van der Waals surface area contributed by atoms with Gasteiger partial charge in [-0.25, -0.2) is 0 Å². The third-order valence-electron chi connectivity index (χ3n) is 3.20. The van der Waals surface area contributed by atoms with Gasteiger partial charge in [0, 0.05) is 44.7 Å². The van der Waals surface area contributed by atoms with Crippen molar-refractivity contribution in [1.29, 1.82) is 5.26 Å². The van der Waals surface area contributed by atoms with Crippen LogP contribution in [0.25, 0.3) is 0 Å². The minimum Gasteiger partial charge on any atom is -0.368 e. The van der Waals surface area contributed by atoms with Gasteiger partial charge in [-0.15, -0.1) is 0 Å². The van der Waals surface area contributed by atoms with Crippen molar-refractivity contribution < 1.29 is 4.79 Å². The average molecular weight is 243 g/mol. The van der Waals surface area contributed by atoms with Crippen LogP contribution in [0.2, 0.25) is 0 Å². The normalized spacial score (nSPS) is 15.3. The number of carbonyl (C=O) groups is 1. The van der Waals surface area contributed by atoms with Crippen LogP contribution in [0.1, 0.15) is 12.8 Å². The number of hydrogen-bond acceptors (Lipinski definition) is 3. The molecule has 2 rings (SSSR count). The van der Waals surface area contributed by atoms with Gasteiger partial charge in [0.05, 0.1) is 6.07 Å². The van der Waals surface area contributed by atoms with Crippen molar-refractivity contribution in [3.8, 4) is 6.07 Å². The van der Waals surface area contributed by atoms with Crippen molar-refractivity contribution >= 4 is 11.6 Å². The zero-order chi connectivity index (χ0) is 12.8. The maximum absolute atomic E-state index is 11.8. The SMILES string of the molecule is N#CCCC(=O)N1CCN(c2ccccc2)CC1. The third kappa shape index (κ3) is 3.01. The highest BCUT2D eigenvalue weighted by Gasteiger charge is 2.20. The van der Waals surface area contributed by atoms with E-state index in [-0.39, 0.29) is 5.91 Å². The predicted octanol–water partition coefficient (Wildman–Crippen LogP) is 1.64. The van der Waals surface area contributed by atoms with Gasteiger partial charge in [0.1, 0.15) is 0 Å². The molecule has 1 aliphatic heterocycles. The van der Waals surface area contributed by atoms with Gasteiger partial charge in [0.15, 0.2) is 0 Å². The summed E-state index contributed by atoms with van der Waals surface area (Å²) in [5.41, 5.74) is 1.21. The molecule has 0 atom stereocenters. The van der Waals surface area contributed by atoms with Gasteiger partial charge < -0.3 is 9.80 Å². The van der Waals surface area contributed by atoms with E-state index in [1.165, 1.54) is 5.69 Å². The zero-order valence-corrected chi connectivity index (χ0v) is 10.4. The molecule has 0 saturated carbocycles. The molecule has 0 spiro atoms. The Kier molecular flexibility index (Phi) is 4.19. The summed E-state index contributed by atoms with van der Waals surface area (Å²) in [5.74, 6) is 0.101. The lowest BCUT2D eigenvalue weighted by Crippen LogP contribution is -2.48. The molecule has 1 aliphatic rings. The summed E-state index contributed by atoms with van der Waals surface area (Å²) in [6, 6.07) is 12.3. The molecule has 1 aromatic carbocycles. The Morgan fingerprint density at radius 1 is 1.17 bits per heavy atom. The molecule has 94 valence electrons. The van der Waals surface area contributed by atoms with Crippen LogP contribution in [0.5, 0.6) is 0 Å². The van der Waals surface area contributed by atoms with Crippen LogP contribution in [-0.4, -0.2) is 37.0 Å². The van der Waals surface area contributed by atoms with Gasteiger partial charge in [0.25, 0.3) is 0 Å². The van der Waals surface area contributed by atoms with Crippen molar-refractivity contribution in [2.45, 2.75) is 12.8 Å². The van der Waals surface area contributed by atoms with Crippen molar-refractivity contribution in [3.05, 3.63) is 30.3 Å². The quantitative estimate of drug-likeness (QED) is 0.810. The molecule has 0 radical (unpaired) electrons. The maximum Gasteiger partial charge on any atom is 0.223 e. The Morgan fingerprint density at radius 2 is 1.83 bits per heavy atom. The molecular formula is C14H17N3O. The molecule has 1 saturated heterocycles. The number of hydrogen-bond donors (Lipinski definition) is 0. The Bertz CT molecular complexity index is 430. The Balaban J connectivity index is 1.85. The molecule has 0 aliphatic carbocycles. The van der Waals surface area contributed by atoms with E-state index in [4.69, 9.17) is 5.26 Å². The van der Waals surface area contributed by atoms with Gasteiger partial charge in [-0.05, 0) is 12.1 Å². The van der Waals surface area contributed by atoms with Gasteiger partial charge in [-0.3, -0.25) is 4.79 Å². The number of benzene rings is 1. The van der Waals surface area contributed by atoms with E-state index in [0.29, 0.717) is 12.8 Å². The fourth-order valence-electron chi connectivity index (χ4n) is 2.17. The summed E-state index contributed by atoms with van der Waals surface area (Å²) >= 11 is 0. The summed E-state index contributed by atoms with van der Waals surface area (Å²) in [6.45, 7) is 3.23. The zero-order valence-electron chi connectivity index (χ0n) is 10.4. The Morgan fingerprint density at radius 3 is 2.44 bits per heavy atom. The third-order valence-corrected chi connectivity index (χ3v) is 3.20. The first-order valence-electron chi connectivity index (χ1n) is 6.26. The molecule has 18 heavy (non-hydrogen) atoms. The second-order valence-corrected chi connectivity index (χ2v) is 4.36. The van der Waals surface area contributed by atoms with Crippen LogP contribution in [-0.2, 0) is 4.79 Å². The van der Waals surface area contributed by atoms with Crippen LogP contribution in [0, 0.1) is 11.3 Å². The molecular weight excluding hydrogens is 226 g/mol. The molecule has 4 nitrogen and oxygen atoms in total. The maximum atomic E-state index is 11.8. The van der Waals surface area contributed by atoms with E-state index >= 15 is 0 Å². The van der Waals surface area contributed by atoms with Gasteiger partial charge >= 0.3 is 0 Å². The number of amides is 1. The smallest absolute Gasteiger partial charge is 0.223 e. The lowest BCUT2D eigenvalue weighted by atomic mass is 10.2. The molecule has 1 heterocycles. The highest BCUT2D eigenvalue weighted by molar-refractivity contribution is 5.76. The molecule has 0 unspecified atom stereocenters. The van der Waals surface area contributed by atoms with Gasteiger partial charge in [-0.1, -0.05) is 18.2 Å². The van der Waals surface area contributed by atoms with E-state index < -0.39 is 0 Å². The minimum atomic E-state index is 0.101. The predicted molar refractivity (Wildman–Crippen MR) is 70.1 cm³/mol. The van der Waals surface area contributed by atoms with Crippen molar-refractivity contribution in [2.75, 3.05) is 31.1 Å². The number of rotatable bonds is 3. The lowest BCUT2D eigenvalue weighted by Gasteiger charge is -2.36. The summed E-state index contributed by atoms with van der Waals surface area (Å²) in [6.07, 6.45) is 0.666. The van der Waals surface area contributed by atoms with Crippen molar-refractivity contribution in [1.82, 2.24) is 4.90 Å². The highest BCUT2D eigenvalue weighted by Crippen LogP contribution is 2.15. The van der Waals surface area contributed by atoms with E-state index in [1.807, 2.05) is 29.2 Å². The van der Waals surface area contributed by atoms with Crippen molar-refractivity contribution in [2.24, 2.45) is 0 Å². The Labute approximate surface area is 107 Å². The standard InChI is InChI=1S/C14H17N3O/c15-8-4-7-14(18)17-11-9-16(10-12-17)13-5-2-1-3-6-13/h1-3,5-6H,4,7,9-12H2. The van der Waals surface area contributed by atoms with E-state index in [9.17, 15) is 4.79 Å². The van der Waals surface area contributed by atoms with E-state index in [0.717, 1.165) is 26.2 Å². The van der Waals surface area contributed by atoms with Gasteiger partial charge in [-0.2, -0.15) is 5.26 Å². The second-order valence-electron chi connectivity index (χ2n) is 4.36. The number of nitriles is 1. The summed E-state index contributed by atoms with van der Waals surface area (Å²) in [5, 5.41) is 8.48. The van der Waals surface area contributed by atoms with Crippen molar-refractivity contribution in [3.63, 3.8) is 0 Å². The molecule has 1 amide bonds. The monoisotopic (exact) mass is 243 g/mol. The lowest BCUT2D eigenvalue weighted by molar-refractivity contribution is -0.131. The van der Waals surface area contributed by atoms with Crippen LogP contribution in [0.15, 0.2) is 30.3 Å². The molecule has 4 heteroatoms. The van der Waals surface area contributed by atoms with Gasteiger partial charge in [0.2, 0.25) is 5.91 Å². The molecule has 0 bridgehead atoms. The molecule has 0 N–H and O–H groups in total. The van der Waals surface area contributed by atoms with Crippen LogP contribution < -0.4 is 4.90 Å². The average Bonchev–Trinajstić information content (AvgIpc) is 2.46. The summed E-state index contributed by atoms with van der Waals surface area (Å²) in [7, 11) is 0. The molecule has 1 aromatic rings. The van der Waals surface area contributed by atoms with E-state index in [2.05, 4.69) is 17.0 Å². The number of para-hydroxylation sites is 1. The first-order chi connectivity index (χ1) is 8.81. The fraction of sp³-hybridized carbons (Fsp3) is 0.429. The van der Waals surface area contributed by atoms with Crippen LogP contribution >= 0.6 is 0 Å². The highest BCUT2D eigenvalue weighted by atomic mass is 16.2. The second kappa shape index (κ2) is 6.06. The number of nitrogens with zero attached hydrogens (tertiary/aromatic N) is 3. The topological polar surface area (TPSA) is 47.3 Å². The first-order valence-corrected chi connectivity index (χ1v) is 6.26. The number of anilines is 1. The van der Waals surface area contributed by atoms with Crippen LogP contribution in [0.4, 0.5) is 5.69 Å². The van der Waals surface area contributed by atoms with Crippen LogP contribution in [0.3, 0.4) is 0 Å². The fourth-order valence-corrected chi connectivity index (χ4v) is 2.17. The molecule has 1 fully saturated rings. The molecule has 0 aromatic heterocycles. The number of piperazine rings is 1.